The van der Waals surface area contributed by atoms with Gasteiger partial charge in [-0.15, -0.1) is 0 Å². The van der Waals surface area contributed by atoms with E-state index in [2.05, 4.69) is 4.98 Å². The maximum atomic E-state index is 13.5. The second kappa shape index (κ2) is 9.85. The second-order valence-electron chi connectivity index (χ2n) is 8.29. The van der Waals surface area contributed by atoms with Crippen LogP contribution < -0.4 is 19.9 Å². The molecule has 7 nitrogen and oxygen atoms in total. The fourth-order valence-electron chi connectivity index (χ4n) is 4.09. The Morgan fingerprint density at radius 3 is 2.66 bits per heavy atom. The lowest BCUT2D eigenvalue weighted by atomic mass is 10.1. The molecule has 1 aromatic heterocycles. The zero-order chi connectivity index (χ0) is 24.2. The molecule has 0 fully saturated rings. The molecule has 176 valence electrons. The van der Waals surface area contributed by atoms with Crippen molar-refractivity contribution in [3.05, 3.63) is 101 Å². The number of carbonyl (C=O) groups excluding carboxylic acids is 1. The Morgan fingerprint density at radius 2 is 1.83 bits per heavy atom. The lowest BCUT2D eigenvalue weighted by Gasteiger charge is -2.25. The average molecular weight is 468 g/mol. The summed E-state index contributed by atoms with van der Waals surface area (Å²) in [5.74, 6) is 1.01. The zero-order valence-electron chi connectivity index (χ0n) is 19.4. The van der Waals surface area contributed by atoms with Gasteiger partial charge in [0.25, 0.3) is 5.56 Å². The van der Waals surface area contributed by atoms with Gasteiger partial charge in [0.1, 0.15) is 19.8 Å². The van der Waals surface area contributed by atoms with Crippen molar-refractivity contribution >= 4 is 28.6 Å². The molecule has 5 rings (SSSR count). The van der Waals surface area contributed by atoms with Crippen molar-refractivity contribution in [2.45, 2.75) is 13.5 Å². The summed E-state index contributed by atoms with van der Waals surface area (Å²) < 4.78 is 12.7. The molecule has 0 unspecified atom stereocenters. The third kappa shape index (κ3) is 4.80. The molecule has 0 N–H and O–H groups in total. The van der Waals surface area contributed by atoms with E-state index in [0.717, 1.165) is 11.1 Å². The summed E-state index contributed by atoms with van der Waals surface area (Å²) in [6, 6.07) is 20.8. The van der Waals surface area contributed by atoms with Gasteiger partial charge in [-0.3, -0.25) is 14.2 Å². The minimum atomic E-state index is -0.242. The van der Waals surface area contributed by atoms with Crippen LogP contribution in [0.15, 0.2) is 83.9 Å². The van der Waals surface area contributed by atoms with Crippen LogP contribution in [0, 0.1) is 6.92 Å². The van der Waals surface area contributed by atoms with Gasteiger partial charge in [-0.25, -0.2) is 4.98 Å². The summed E-state index contributed by atoms with van der Waals surface area (Å²) in [5.41, 5.74) is 3.02. The Labute approximate surface area is 202 Å². The third-order valence-corrected chi connectivity index (χ3v) is 5.90. The Balaban J connectivity index is 1.45. The topological polar surface area (TPSA) is 73.7 Å². The number of nitrogens with zero attached hydrogens (tertiary/aromatic N) is 3. The molecule has 0 saturated heterocycles. The van der Waals surface area contributed by atoms with Crippen molar-refractivity contribution in [3.63, 3.8) is 0 Å². The molecule has 1 amide bonds. The van der Waals surface area contributed by atoms with Gasteiger partial charge in [-0.2, -0.15) is 0 Å². The number of carbonyl (C=O) groups is 1. The normalized spacial score (nSPS) is 12.7. The van der Waals surface area contributed by atoms with Crippen LogP contribution >= 0.6 is 0 Å². The summed E-state index contributed by atoms with van der Waals surface area (Å²) >= 11 is 0. The van der Waals surface area contributed by atoms with E-state index in [-0.39, 0.29) is 18.0 Å². The predicted molar refractivity (Wildman–Crippen MR) is 136 cm³/mol. The first-order valence-electron chi connectivity index (χ1n) is 11.5. The molecule has 4 aromatic rings. The molecule has 0 saturated carbocycles. The van der Waals surface area contributed by atoms with Gasteiger partial charge in [0.2, 0.25) is 5.91 Å². The van der Waals surface area contributed by atoms with Crippen molar-refractivity contribution in [2.24, 2.45) is 0 Å². The number of ether oxygens (including phenoxy) is 2. The molecule has 0 bridgehead atoms. The molecule has 2 heterocycles. The van der Waals surface area contributed by atoms with Gasteiger partial charge in [0.15, 0.2) is 11.5 Å². The Kier molecular flexibility index (Phi) is 6.30. The maximum absolute atomic E-state index is 13.5. The molecule has 0 aliphatic carbocycles. The fraction of sp³-hybridized carbons (Fsp3) is 0.179. The smallest absolute Gasteiger partial charge is 0.261 e. The average Bonchev–Trinajstić information content (AvgIpc) is 2.89. The van der Waals surface area contributed by atoms with Crippen molar-refractivity contribution in [3.8, 4) is 11.5 Å². The first-order chi connectivity index (χ1) is 17.1. The van der Waals surface area contributed by atoms with Crippen molar-refractivity contribution in [2.75, 3.05) is 24.7 Å². The fourth-order valence-corrected chi connectivity index (χ4v) is 4.09. The van der Waals surface area contributed by atoms with Crippen LogP contribution in [0.25, 0.3) is 17.0 Å². The number of aryl methyl sites for hydroxylation is 1. The van der Waals surface area contributed by atoms with Crippen LogP contribution in [0.1, 0.15) is 11.1 Å². The molecular weight excluding hydrogens is 442 g/mol. The van der Waals surface area contributed by atoms with Gasteiger partial charge in [-0.05, 0) is 36.2 Å². The summed E-state index contributed by atoms with van der Waals surface area (Å²) in [6.45, 7) is 3.04. The summed E-state index contributed by atoms with van der Waals surface area (Å²) in [5, 5.41) is 0.496. The first-order valence-corrected chi connectivity index (χ1v) is 11.5. The molecule has 7 heteroatoms. The minimum absolute atomic E-state index is 0.136. The summed E-state index contributed by atoms with van der Waals surface area (Å²) in [4.78, 5) is 32.6. The predicted octanol–water partition coefficient (Wildman–Crippen LogP) is 4.22. The summed E-state index contributed by atoms with van der Waals surface area (Å²) in [6.07, 6.45) is 5.33. The lowest BCUT2D eigenvalue weighted by Crippen LogP contribution is -2.37. The van der Waals surface area contributed by atoms with Crippen molar-refractivity contribution < 1.29 is 14.3 Å². The van der Waals surface area contributed by atoms with E-state index in [1.807, 2.05) is 67.6 Å². The summed E-state index contributed by atoms with van der Waals surface area (Å²) in [7, 11) is 0. The highest BCUT2D eigenvalue weighted by atomic mass is 16.6. The molecule has 3 aromatic carbocycles. The molecular formula is C28H25N3O4. The van der Waals surface area contributed by atoms with E-state index < -0.39 is 0 Å². The van der Waals surface area contributed by atoms with Gasteiger partial charge in [0, 0.05) is 18.3 Å². The van der Waals surface area contributed by atoms with Gasteiger partial charge >= 0.3 is 0 Å². The van der Waals surface area contributed by atoms with Gasteiger partial charge < -0.3 is 14.4 Å². The molecule has 0 spiro atoms. The Morgan fingerprint density at radius 1 is 1.03 bits per heavy atom. The zero-order valence-corrected chi connectivity index (χ0v) is 19.4. The van der Waals surface area contributed by atoms with Crippen LogP contribution in [0.5, 0.6) is 11.5 Å². The SMILES string of the molecule is Cc1cccc2c(=O)n(CC(=O)N(C/C=C/c3ccccc3)c3ccc4c(c3)OCCO4)cnc12. The highest BCUT2D eigenvalue weighted by Crippen LogP contribution is 2.34. The van der Waals surface area contributed by atoms with Crippen LogP contribution in [0.2, 0.25) is 0 Å². The number of hydrogen-bond acceptors (Lipinski definition) is 5. The Hall–Kier alpha value is -4.39. The monoisotopic (exact) mass is 467 g/mol. The lowest BCUT2D eigenvalue weighted by molar-refractivity contribution is -0.119. The minimum Gasteiger partial charge on any atom is -0.486 e. The van der Waals surface area contributed by atoms with Crippen LogP contribution in [-0.2, 0) is 11.3 Å². The van der Waals surface area contributed by atoms with E-state index in [1.54, 1.807) is 23.1 Å². The highest BCUT2D eigenvalue weighted by molar-refractivity contribution is 5.94. The number of hydrogen-bond donors (Lipinski definition) is 0. The maximum Gasteiger partial charge on any atom is 0.261 e. The third-order valence-electron chi connectivity index (χ3n) is 5.90. The Bertz CT molecular complexity index is 1460. The van der Waals surface area contributed by atoms with Crippen molar-refractivity contribution in [1.82, 2.24) is 9.55 Å². The van der Waals surface area contributed by atoms with E-state index in [4.69, 9.17) is 9.47 Å². The van der Waals surface area contributed by atoms with E-state index in [9.17, 15) is 9.59 Å². The standard InChI is InChI=1S/C28H25N3O4/c1-20-7-5-11-23-27(20)29-19-30(28(23)33)18-26(32)31(14-6-10-21-8-3-2-4-9-21)22-12-13-24-25(17-22)35-16-15-34-24/h2-13,17,19H,14-16,18H2,1H3/b10-6+. The largest absolute Gasteiger partial charge is 0.486 e. The number of benzene rings is 3. The van der Waals surface area contributed by atoms with Crippen molar-refractivity contribution in [1.29, 1.82) is 0 Å². The number of amides is 1. The number of para-hydroxylation sites is 1. The van der Waals surface area contributed by atoms with Crippen LogP contribution in [-0.4, -0.2) is 35.2 Å². The van der Waals surface area contributed by atoms with E-state index >= 15 is 0 Å². The molecule has 0 atom stereocenters. The van der Waals surface area contributed by atoms with Crippen LogP contribution in [0.4, 0.5) is 5.69 Å². The van der Waals surface area contributed by atoms with E-state index in [1.165, 1.54) is 10.9 Å². The number of anilines is 1. The van der Waals surface area contributed by atoms with Crippen LogP contribution in [0.3, 0.4) is 0 Å². The molecule has 35 heavy (non-hydrogen) atoms. The quantitative estimate of drug-likeness (QED) is 0.425. The van der Waals surface area contributed by atoms with E-state index in [0.29, 0.717) is 47.8 Å². The molecule has 1 aliphatic rings. The van der Waals surface area contributed by atoms with Gasteiger partial charge in [-0.1, -0.05) is 54.6 Å². The first kappa shape index (κ1) is 22.4. The second-order valence-corrected chi connectivity index (χ2v) is 8.29. The molecule has 1 aliphatic heterocycles. The number of fused-ring (bicyclic) bond motifs is 2. The van der Waals surface area contributed by atoms with Gasteiger partial charge in [0.05, 0.1) is 17.2 Å². The number of aromatic nitrogens is 2. The number of rotatable bonds is 6. The highest BCUT2D eigenvalue weighted by Gasteiger charge is 2.20. The molecule has 0 radical (unpaired) electrons.